The van der Waals surface area contributed by atoms with Gasteiger partial charge in [-0.05, 0) is 84.9 Å². The summed E-state index contributed by atoms with van der Waals surface area (Å²) in [6.07, 6.45) is 0. The number of fused-ring (bicyclic) bond motifs is 9. The van der Waals surface area contributed by atoms with Gasteiger partial charge in [-0.3, -0.25) is 0 Å². The quantitative estimate of drug-likeness (QED) is 0.180. The van der Waals surface area contributed by atoms with Gasteiger partial charge in [-0.1, -0.05) is 91.0 Å². The van der Waals surface area contributed by atoms with E-state index in [9.17, 15) is 4.39 Å². The second-order valence-corrected chi connectivity index (χ2v) is 13.5. The Labute approximate surface area is 303 Å². The van der Waals surface area contributed by atoms with E-state index >= 15 is 0 Å². The van der Waals surface area contributed by atoms with Crippen LogP contribution in [0.1, 0.15) is 0 Å². The molecule has 0 aliphatic heterocycles. The molecule has 3 aromatic heterocycles. The summed E-state index contributed by atoms with van der Waals surface area (Å²) in [6.45, 7) is 0. The summed E-state index contributed by atoms with van der Waals surface area (Å²) in [4.78, 5) is 2.30. The molecule has 8 aromatic carbocycles. The summed E-state index contributed by atoms with van der Waals surface area (Å²) in [6, 6.07) is 62.3. The third kappa shape index (κ3) is 4.54. The predicted octanol–water partition coefficient (Wildman–Crippen LogP) is 13.4. The molecule has 0 atom stereocenters. The van der Waals surface area contributed by atoms with E-state index in [1.54, 1.807) is 12.1 Å². The van der Waals surface area contributed by atoms with E-state index in [0.29, 0.717) is 0 Å². The van der Waals surface area contributed by atoms with E-state index in [0.717, 1.165) is 83.2 Å². The van der Waals surface area contributed by atoms with Crippen molar-refractivity contribution in [2.24, 2.45) is 0 Å². The second-order valence-electron chi connectivity index (χ2n) is 13.5. The Bertz CT molecular complexity index is 3210. The zero-order valence-electron chi connectivity index (χ0n) is 28.4. The number of hydrogen-bond acceptors (Lipinski definition) is 2. The lowest BCUT2D eigenvalue weighted by molar-refractivity contribution is 0.627. The molecular formula is C48H30FN3O. The largest absolute Gasteiger partial charge is 0.456 e. The molecule has 0 amide bonds. The first kappa shape index (κ1) is 29.6. The number of rotatable bonds is 5. The topological polar surface area (TPSA) is 26.2 Å². The monoisotopic (exact) mass is 683 g/mol. The van der Waals surface area contributed by atoms with E-state index in [1.165, 1.54) is 16.8 Å². The zero-order valence-corrected chi connectivity index (χ0v) is 28.4. The van der Waals surface area contributed by atoms with Crippen LogP contribution >= 0.6 is 0 Å². The zero-order chi connectivity index (χ0) is 35.0. The van der Waals surface area contributed by atoms with Crippen LogP contribution in [0.5, 0.6) is 0 Å². The smallest absolute Gasteiger partial charge is 0.137 e. The van der Waals surface area contributed by atoms with Crippen molar-refractivity contribution in [3.8, 4) is 11.4 Å². The van der Waals surface area contributed by atoms with Crippen molar-refractivity contribution < 1.29 is 8.81 Å². The van der Waals surface area contributed by atoms with Crippen molar-refractivity contribution in [3.63, 3.8) is 0 Å². The van der Waals surface area contributed by atoms with E-state index in [4.69, 9.17) is 4.42 Å². The van der Waals surface area contributed by atoms with Gasteiger partial charge in [-0.25, -0.2) is 4.39 Å². The van der Waals surface area contributed by atoms with Crippen molar-refractivity contribution in [3.05, 3.63) is 188 Å². The molecule has 0 saturated heterocycles. The van der Waals surface area contributed by atoms with Crippen molar-refractivity contribution >= 4 is 82.6 Å². The highest BCUT2D eigenvalue weighted by molar-refractivity contribution is 6.12. The fraction of sp³-hybridized carbons (Fsp3) is 0. The number of nitrogens with zero attached hydrogens (tertiary/aromatic N) is 3. The summed E-state index contributed by atoms with van der Waals surface area (Å²) in [5.74, 6) is -0.271. The third-order valence-electron chi connectivity index (χ3n) is 10.5. The van der Waals surface area contributed by atoms with Gasteiger partial charge in [0, 0.05) is 66.8 Å². The van der Waals surface area contributed by atoms with Gasteiger partial charge in [-0.15, -0.1) is 0 Å². The summed E-state index contributed by atoms with van der Waals surface area (Å²) in [5.41, 5.74) is 10.8. The molecule has 0 aliphatic carbocycles. The molecule has 0 bridgehead atoms. The molecule has 3 heterocycles. The minimum atomic E-state index is -0.271. The van der Waals surface area contributed by atoms with Crippen LogP contribution in [0.2, 0.25) is 0 Å². The molecule has 11 aromatic rings. The standard InChI is InChI=1S/C48H30FN3O/c49-31-11-10-14-33(27-31)52-44-19-8-5-16-38(44)40-25-22-35(29-46(40)52)50(36-23-26-42-41-17-6-9-20-47(41)53-48(42)30-36)34-21-24-39-37-15-4-7-18-43(37)51(45(39)28-34)32-12-2-1-3-13-32/h1-30H. The summed E-state index contributed by atoms with van der Waals surface area (Å²) in [5, 5.41) is 6.76. The number of para-hydroxylation sites is 4. The van der Waals surface area contributed by atoms with Gasteiger partial charge in [0.05, 0.1) is 22.1 Å². The first-order chi connectivity index (χ1) is 26.2. The van der Waals surface area contributed by atoms with Crippen LogP contribution in [0.15, 0.2) is 186 Å². The maximum Gasteiger partial charge on any atom is 0.137 e. The number of anilines is 3. The minimum Gasteiger partial charge on any atom is -0.456 e. The molecule has 0 unspecified atom stereocenters. The summed E-state index contributed by atoms with van der Waals surface area (Å²) >= 11 is 0. The molecule has 0 fully saturated rings. The van der Waals surface area contributed by atoms with Crippen LogP contribution < -0.4 is 4.90 Å². The Kier molecular flexibility index (Phi) is 6.40. The van der Waals surface area contributed by atoms with Crippen LogP contribution in [0.3, 0.4) is 0 Å². The number of hydrogen-bond donors (Lipinski definition) is 0. The molecule has 250 valence electrons. The van der Waals surface area contributed by atoms with Crippen LogP contribution in [-0.4, -0.2) is 9.13 Å². The molecular weight excluding hydrogens is 654 g/mol. The molecule has 0 saturated carbocycles. The van der Waals surface area contributed by atoms with E-state index < -0.39 is 0 Å². The molecule has 0 spiro atoms. The fourth-order valence-electron chi connectivity index (χ4n) is 8.25. The van der Waals surface area contributed by atoms with Gasteiger partial charge in [0.2, 0.25) is 0 Å². The predicted molar refractivity (Wildman–Crippen MR) is 217 cm³/mol. The molecule has 0 radical (unpaired) electrons. The number of aromatic nitrogens is 2. The molecule has 11 rings (SSSR count). The average Bonchev–Trinajstić information content (AvgIpc) is 3.85. The lowest BCUT2D eigenvalue weighted by Gasteiger charge is -2.26. The Morgan fingerprint density at radius 2 is 0.849 bits per heavy atom. The number of benzene rings is 8. The van der Waals surface area contributed by atoms with Crippen molar-refractivity contribution in [2.75, 3.05) is 4.90 Å². The van der Waals surface area contributed by atoms with E-state index in [-0.39, 0.29) is 5.82 Å². The van der Waals surface area contributed by atoms with Gasteiger partial charge >= 0.3 is 0 Å². The first-order valence-electron chi connectivity index (χ1n) is 17.8. The van der Waals surface area contributed by atoms with Crippen molar-refractivity contribution in [2.45, 2.75) is 0 Å². The second kappa shape index (κ2) is 11.5. The summed E-state index contributed by atoms with van der Waals surface area (Å²) < 4.78 is 25.7. The van der Waals surface area contributed by atoms with Crippen LogP contribution in [-0.2, 0) is 0 Å². The minimum absolute atomic E-state index is 0.271. The Hall–Kier alpha value is -7.11. The Morgan fingerprint density at radius 3 is 1.51 bits per heavy atom. The van der Waals surface area contributed by atoms with Gasteiger partial charge < -0.3 is 18.5 Å². The fourth-order valence-corrected chi connectivity index (χ4v) is 8.25. The molecule has 0 N–H and O–H groups in total. The lowest BCUT2D eigenvalue weighted by Crippen LogP contribution is -2.10. The maximum absolute atomic E-state index is 14.7. The molecule has 4 nitrogen and oxygen atoms in total. The number of furan rings is 1. The lowest BCUT2D eigenvalue weighted by atomic mass is 10.1. The molecule has 0 aliphatic rings. The van der Waals surface area contributed by atoms with Crippen LogP contribution in [0.4, 0.5) is 21.5 Å². The highest BCUT2D eigenvalue weighted by atomic mass is 19.1. The number of halogens is 1. The van der Waals surface area contributed by atoms with Gasteiger partial charge in [0.1, 0.15) is 17.0 Å². The van der Waals surface area contributed by atoms with Crippen LogP contribution in [0, 0.1) is 5.82 Å². The van der Waals surface area contributed by atoms with E-state index in [1.807, 2.05) is 30.3 Å². The van der Waals surface area contributed by atoms with Gasteiger partial charge in [-0.2, -0.15) is 0 Å². The molecule has 53 heavy (non-hydrogen) atoms. The SMILES string of the molecule is Fc1cccc(-n2c3ccccc3c3ccc(N(c4ccc5c(c4)oc4ccccc45)c4ccc5c6ccccc6n(-c6ccccc6)c5c4)cc32)c1. The van der Waals surface area contributed by atoms with Gasteiger partial charge in [0.15, 0.2) is 0 Å². The normalized spacial score (nSPS) is 11.9. The molecule has 5 heteroatoms. The first-order valence-corrected chi connectivity index (χ1v) is 17.8. The Balaban J connectivity index is 1.20. The van der Waals surface area contributed by atoms with Crippen molar-refractivity contribution in [1.29, 1.82) is 0 Å². The average molecular weight is 684 g/mol. The Morgan fingerprint density at radius 1 is 0.358 bits per heavy atom. The third-order valence-corrected chi connectivity index (χ3v) is 10.5. The van der Waals surface area contributed by atoms with Crippen molar-refractivity contribution in [1.82, 2.24) is 9.13 Å². The van der Waals surface area contributed by atoms with E-state index in [2.05, 4.69) is 147 Å². The summed E-state index contributed by atoms with van der Waals surface area (Å²) in [7, 11) is 0. The van der Waals surface area contributed by atoms with Gasteiger partial charge in [0.25, 0.3) is 0 Å². The van der Waals surface area contributed by atoms with Crippen LogP contribution in [0.25, 0.3) is 76.9 Å². The highest BCUT2D eigenvalue weighted by Gasteiger charge is 2.21. The highest BCUT2D eigenvalue weighted by Crippen LogP contribution is 2.43. The maximum atomic E-state index is 14.7.